The van der Waals surface area contributed by atoms with Gasteiger partial charge in [-0.15, -0.1) is 0 Å². The summed E-state index contributed by atoms with van der Waals surface area (Å²) < 4.78 is 5.37. The molecule has 0 aliphatic carbocycles. The molecule has 0 bridgehead atoms. The molecule has 0 aliphatic rings. The summed E-state index contributed by atoms with van der Waals surface area (Å²) in [7, 11) is 0. The van der Waals surface area contributed by atoms with E-state index in [1.54, 1.807) is 42.5 Å². The van der Waals surface area contributed by atoms with Gasteiger partial charge in [0, 0.05) is 17.9 Å². The molecule has 4 aromatic rings. The maximum absolute atomic E-state index is 13.3. The third-order valence-electron chi connectivity index (χ3n) is 5.97. The number of hydrogen-bond acceptors (Lipinski definition) is 5. The lowest BCUT2D eigenvalue weighted by molar-refractivity contribution is -0.126. The number of carbonyl (C=O) groups excluding carboxylic acids is 3. The predicted molar refractivity (Wildman–Crippen MR) is 163 cm³/mol. The Morgan fingerprint density at radius 1 is 0.634 bits per heavy atom. The second-order valence-corrected chi connectivity index (χ2v) is 10.4. The number of nitrogens with one attached hydrogen (secondary N) is 4. The van der Waals surface area contributed by atoms with E-state index in [1.807, 2.05) is 87.5 Å². The quantitative estimate of drug-likeness (QED) is 0.168. The molecule has 0 saturated carbocycles. The molecule has 0 atom stereocenters. The lowest BCUT2D eigenvalue weighted by Gasteiger charge is -2.20. The number of ether oxygens (including phenoxy) is 1. The maximum atomic E-state index is 13.3. The maximum Gasteiger partial charge on any atom is 0.412 e. The van der Waals surface area contributed by atoms with Crippen LogP contribution in [0.15, 0.2) is 109 Å². The van der Waals surface area contributed by atoms with E-state index >= 15 is 0 Å². The first-order chi connectivity index (χ1) is 19.7. The zero-order valence-corrected chi connectivity index (χ0v) is 23.3. The lowest BCUT2D eigenvalue weighted by Crippen LogP contribution is -2.32. The molecule has 3 amide bonds. The Balaban J connectivity index is 1.48. The van der Waals surface area contributed by atoms with Crippen LogP contribution in [0.2, 0.25) is 0 Å². The standard InChI is InChI=1S/C33H34N4O4/c1-33(2,3)41-32(40)37-28-17-11-10-16-27(28)34-22-23-18-20-24(21-19-23)29(30(38)35-25-12-6-4-7-13-25)31(39)36-26-14-8-5-9-15-26/h4-21,29,34H,22H2,1-3H3,(H,35,38)(H,36,39)(H,37,40). The molecule has 0 aliphatic heterocycles. The summed E-state index contributed by atoms with van der Waals surface area (Å²) >= 11 is 0. The van der Waals surface area contributed by atoms with E-state index in [0.717, 1.165) is 11.3 Å². The van der Waals surface area contributed by atoms with Gasteiger partial charge in [0.1, 0.15) is 11.5 Å². The zero-order chi connectivity index (χ0) is 29.2. The van der Waals surface area contributed by atoms with Gasteiger partial charge in [-0.2, -0.15) is 0 Å². The van der Waals surface area contributed by atoms with Crippen molar-refractivity contribution in [2.24, 2.45) is 0 Å². The summed E-state index contributed by atoms with van der Waals surface area (Å²) in [5.74, 6) is -1.94. The predicted octanol–water partition coefficient (Wildman–Crippen LogP) is 7.01. The Bertz CT molecular complexity index is 1410. The Kier molecular flexibility index (Phi) is 9.37. The van der Waals surface area contributed by atoms with Gasteiger partial charge >= 0.3 is 6.09 Å². The fourth-order valence-electron chi connectivity index (χ4n) is 4.08. The number of para-hydroxylation sites is 4. The Morgan fingerprint density at radius 3 is 1.63 bits per heavy atom. The van der Waals surface area contributed by atoms with E-state index in [4.69, 9.17) is 4.74 Å². The minimum Gasteiger partial charge on any atom is -0.444 e. The minimum absolute atomic E-state index is 0.433. The van der Waals surface area contributed by atoms with E-state index in [1.165, 1.54) is 0 Å². The van der Waals surface area contributed by atoms with Crippen LogP contribution >= 0.6 is 0 Å². The summed E-state index contributed by atoms with van der Waals surface area (Å²) in [6.45, 7) is 5.87. The topological polar surface area (TPSA) is 109 Å². The SMILES string of the molecule is CC(C)(C)OC(=O)Nc1ccccc1NCc1ccc(C(C(=O)Nc2ccccc2)C(=O)Nc2ccccc2)cc1. The first-order valence-electron chi connectivity index (χ1n) is 13.3. The van der Waals surface area contributed by atoms with Crippen LogP contribution in [0.5, 0.6) is 0 Å². The van der Waals surface area contributed by atoms with Gasteiger partial charge in [0.15, 0.2) is 0 Å². The molecule has 4 rings (SSSR count). The Hall–Kier alpha value is -5.11. The average molecular weight is 551 g/mol. The molecule has 0 unspecified atom stereocenters. The van der Waals surface area contributed by atoms with Gasteiger partial charge in [0.2, 0.25) is 11.8 Å². The summed E-state index contributed by atoms with van der Waals surface area (Å²) in [6.07, 6.45) is -0.537. The molecule has 4 N–H and O–H groups in total. The highest BCUT2D eigenvalue weighted by atomic mass is 16.6. The van der Waals surface area contributed by atoms with Crippen molar-refractivity contribution in [3.63, 3.8) is 0 Å². The van der Waals surface area contributed by atoms with E-state index in [2.05, 4.69) is 21.3 Å². The number of amides is 3. The summed E-state index contributed by atoms with van der Waals surface area (Å²) in [5.41, 5.74) is 3.40. The smallest absolute Gasteiger partial charge is 0.412 e. The minimum atomic E-state index is -1.07. The summed E-state index contributed by atoms with van der Waals surface area (Å²) in [6, 6.07) is 32.7. The molecule has 4 aromatic carbocycles. The lowest BCUT2D eigenvalue weighted by atomic mass is 9.95. The van der Waals surface area contributed by atoms with Crippen molar-refractivity contribution < 1.29 is 19.1 Å². The highest BCUT2D eigenvalue weighted by Crippen LogP contribution is 2.25. The third kappa shape index (κ3) is 8.69. The van der Waals surface area contributed by atoms with Gasteiger partial charge in [0.25, 0.3) is 0 Å². The van der Waals surface area contributed by atoms with Crippen molar-refractivity contribution in [1.82, 2.24) is 0 Å². The number of anilines is 4. The van der Waals surface area contributed by atoms with E-state index in [0.29, 0.717) is 29.2 Å². The van der Waals surface area contributed by atoms with Crippen molar-refractivity contribution in [3.05, 3.63) is 120 Å². The van der Waals surface area contributed by atoms with Crippen LogP contribution < -0.4 is 21.3 Å². The second kappa shape index (κ2) is 13.3. The van der Waals surface area contributed by atoms with Gasteiger partial charge in [-0.25, -0.2) is 4.79 Å². The molecule has 41 heavy (non-hydrogen) atoms. The van der Waals surface area contributed by atoms with Crippen molar-refractivity contribution >= 4 is 40.7 Å². The van der Waals surface area contributed by atoms with E-state index in [9.17, 15) is 14.4 Å². The summed E-state index contributed by atoms with van der Waals surface area (Å²) in [5, 5.41) is 11.8. The first-order valence-corrected chi connectivity index (χ1v) is 13.3. The third-order valence-corrected chi connectivity index (χ3v) is 5.97. The Labute approximate surface area is 240 Å². The highest BCUT2D eigenvalue weighted by molar-refractivity contribution is 6.15. The molecular formula is C33H34N4O4. The molecular weight excluding hydrogens is 516 g/mol. The second-order valence-electron chi connectivity index (χ2n) is 10.4. The number of benzene rings is 4. The zero-order valence-electron chi connectivity index (χ0n) is 23.3. The average Bonchev–Trinajstić information content (AvgIpc) is 2.93. The largest absolute Gasteiger partial charge is 0.444 e. The molecule has 210 valence electrons. The van der Waals surface area contributed by atoms with Crippen LogP contribution in [-0.2, 0) is 20.9 Å². The highest BCUT2D eigenvalue weighted by Gasteiger charge is 2.29. The van der Waals surface area contributed by atoms with Gasteiger partial charge in [-0.1, -0.05) is 72.8 Å². The monoisotopic (exact) mass is 550 g/mol. The van der Waals surface area contributed by atoms with E-state index < -0.39 is 29.4 Å². The van der Waals surface area contributed by atoms with Gasteiger partial charge in [-0.3, -0.25) is 14.9 Å². The van der Waals surface area contributed by atoms with Crippen LogP contribution in [0.1, 0.15) is 37.8 Å². The van der Waals surface area contributed by atoms with Gasteiger partial charge in [0.05, 0.1) is 11.4 Å². The van der Waals surface area contributed by atoms with Crippen molar-refractivity contribution in [3.8, 4) is 0 Å². The molecule has 8 nitrogen and oxygen atoms in total. The van der Waals surface area contributed by atoms with Crippen molar-refractivity contribution in [2.45, 2.75) is 38.8 Å². The van der Waals surface area contributed by atoms with Crippen LogP contribution in [0.25, 0.3) is 0 Å². The van der Waals surface area contributed by atoms with Crippen molar-refractivity contribution in [2.75, 3.05) is 21.3 Å². The van der Waals surface area contributed by atoms with E-state index in [-0.39, 0.29) is 0 Å². The van der Waals surface area contributed by atoms with Crippen molar-refractivity contribution in [1.29, 1.82) is 0 Å². The van der Waals surface area contributed by atoms with Crippen LogP contribution in [0.3, 0.4) is 0 Å². The summed E-state index contributed by atoms with van der Waals surface area (Å²) in [4.78, 5) is 38.9. The van der Waals surface area contributed by atoms with Crippen LogP contribution in [0.4, 0.5) is 27.5 Å². The normalized spacial score (nSPS) is 10.9. The number of carbonyl (C=O) groups is 3. The molecule has 8 heteroatoms. The fraction of sp³-hybridized carbons (Fsp3) is 0.182. The first kappa shape index (κ1) is 28.9. The van der Waals surface area contributed by atoms with Crippen LogP contribution in [0, 0.1) is 0 Å². The fourth-order valence-corrected chi connectivity index (χ4v) is 4.08. The molecule has 0 saturated heterocycles. The molecule has 0 fully saturated rings. The van der Waals surface area contributed by atoms with Crippen LogP contribution in [-0.4, -0.2) is 23.5 Å². The molecule has 0 radical (unpaired) electrons. The number of rotatable bonds is 9. The Morgan fingerprint density at radius 2 is 1.12 bits per heavy atom. The molecule has 0 heterocycles. The number of hydrogen-bond donors (Lipinski definition) is 4. The van der Waals surface area contributed by atoms with Gasteiger partial charge < -0.3 is 20.7 Å². The molecule has 0 spiro atoms. The van der Waals surface area contributed by atoms with Gasteiger partial charge in [-0.05, 0) is 68.3 Å². The molecule has 0 aromatic heterocycles.